The molecule has 0 spiro atoms. The summed E-state index contributed by atoms with van der Waals surface area (Å²) in [6.45, 7) is 1.83. The summed E-state index contributed by atoms with van der Waals surface area (Å²) in [5, 5.41) is 9.36. The highest BCUT2D eigenvalue weighted by Gasteiger charge is 2.15. The minimum Gasteiger partial charge on any atom is -0.496 e. The van der Waals surface area contributed by atoms with Gasteiger partial charge in [-0.15, -0.1) is 0 Å². The van der Waals surface area contributed by atoms with Crippen LogP contribution in [0, 0.1) is 0 Å². The summed E-state index contributed by atoms with van der Waals surface area (Å²) < 4.78 is 7.63. The van der Waals surface area contributed by atoms with Crippen LogP contribution in [0.3, 0.4) is 0 Å². The third kappa shape index (κ3) is 5.87. The molecular formula is C30H28Cl2N4O2. The molecule has 0 saturated heterocycles. The van der Waals surface area contributed by atoms with Crippen molar-refractivity contribution >= 4 is 56.7 Å². The number of anilines is 1. The minimum absolute atomic E-state index is 0.0464. The van der Waals surface area contributed by atoms with Crippen LogP contribution in [0.25, 0.3) is 21.8 Å². The van der Waals surface area contributed by atoms with Crippen LogP contribution in [-0.2, 0) is 17.8 Å². The summed E-state index contributed by atoms with van der Waals surface area (Å²) >= 11 is 12.8. The van der Waals surface area contributed by atoms with Gasteiger partial charge in [-0.1, -0.05) is 65.7 Å². The Balaban J connectivity index is 1.21. The van der Waals surface area contributed by atoms with Gasteiger partial charge in [0.2, 0.25) is 5.91 Å². The lowest BCUT2D eigenvalue weighted by Crippen LogP contribution is -2.28. The van der Waals surface area contributed by atoms with Gasteiger partial charge in [-0.3, -0.25) is 4.79 Å². The van der Waals surface area contributed by atoms with Crippen molar-refractivity contribution in [3.05, 3.63) is 100 Å². The Morgan fingerprint density at radius 2 is 1.74 bits per heavy atom. The molecule has 38 heavy (non-hydrogen) atoms. The predicted octanol–water partition coefficient (Wildman–Crippen LogP) is 6.71. The van der Waals surface area contributed by atoms with E-state index in [0.29, 0.717) is 29.7 Å². The smallest absolute Gasteiger partial charge is 0.225 e. The summed E-state index contributed by atoms with van der Waals surface area (Å²) in [5.74, 6) is 1.47. The largest absolute Gasteiger partial charge is 0.496 e. The molecule has 0 saturated carbocycles. The maximum atomic E-state index is 12.9. The van der Waals surface area contributed by atoms with E-state index < -0.39 is 0 Å². The number of nitrogens with one attached hydrogen (secondary N) is 2. The molecule has 3 aromatic carbocycles. The van der Waals surface area contributed by atoms with Crippen LogP contribution < -0.4 is 15.4 Å². The van der Waals surface area contributed by atoms with Gasteiger partial charge in [0.25, 0.3) is 0 Å². The van der Waals surface area contributed by atoms with Gasteiger partial charge in [0, 0.05) is 47.2 Å². The average molecular weight is 547 g/mol. The van der Waals surface area contributed by atoms with Crippen molar-refractivity contribution in [2.75, 3.05) is 25.5 Å². The lowest BCUT2D eigenvalue weighted by Gasteiger charge is -2.12. The Kier molecular flexibility index (Phi) is 8.01. The van der Waals surface area contributed by atoms with Crippen molar-refractivity contribution in [2.45, 2.75) is 19.4 Å². The number of hydrogen-bond donors (Lipinski definition) is 2. The SMILES string of the molecule is COc1cc(NCCCNC(=O)Cc2cc3c(Cl)cc(Cl)cc3n2Cc2ccccc2)nc2ccccc12. The summed E-state index contributed by atoms with van der Waals surface area (Å²) in [5.41, 5.74) is 3.80. The molecule has 0 aliphatic rings. The molecule has 2 aromatic heterocycles. The van der Waals surface area contributed by atoms with Crippen molar-refractivity contribution in [1.29, 1.82) is 0 Å². The average Bonchev–Trinajstić information content (AvgIpc) is 3.25. The Morgan fingerprint density at radius 1 is 0.947 bits per heavy atom. The number of amides is 1. The second-order valence-electron chi connectivity index (χ2n) is 9.06. The highest BCUT2D eigenvalue weighted by molar-refractivity contribution is 6.38. The minimum atomic E-state index is -0.0464. The summed E-state index contributed by atoms with van der Waals surface area (Å²) in [7, 11) is 1.66. The van der Waals surface area contributed by atoms with Crippen LogP contribution in [0.4, 0.5) is 5.82 Å². The van der Waals surface area contributed by atoms with Gasteiger partial charge in [-0.25, -0.2) is 4.98 Å². The second-order valence-corrected chi connectivity index (χ2v) is 9.91. The molecule has 0 unspecified atom stereocenters. The molecule has 6 nitrogen and oxygen atoms in total. The van der Waals surface area contributed by atoms with Gasteiger partial charge < -0.3 is 19.9 Å². The molecule has 2 heterocycles. The van der Waals surface area contributed by atoms with Gasteiger partial charge in [0.15, 0.2) is 0 Å². The number of hydrogen-bond acceptors (Lipinski definition) is 4. The quantitative estimate of drug-likeness (QED) is 0.191. The van der Waals surface area contributed by atoms with E-state index in [1.165, 1.54) is 0 Å². The second kappa shape index (κ2) is 11.8. The molecule has 5 aromatic rings. The van der Waals surface area contributed by atoms with Crippen LogP contribution in [0.5, 0.6) is 5.75 Å². The predicted molar refractivity (Wildman–Crippen MR) is 156 cm³/mol. The zero-order valence-electron chi connectivity index (χ0n) is 21.0. The van der Waals surface area contributed by atoms with Gasteiger partial charge in [-0.2, -0.15) is 0 Å². The van der Waals surface area contributed by atoms with E-state index in [0.717, 1.165) is 51.1 Å². The van der Waals surface area contributed by atoms with Gasteiger partial charge >= 0.3 is 0 Å². The number of fused-ring (bicyclic) bond motifs is 2. The third-order valence-electron chi connectivity index (χ3n) is 6.43. The number of halogens is 2. The lowest BCUT2D eigenvalue weighted by atomic mass is 10.2. The lowest BCUT2D eigenvalue weighted by molar-refractivity contribution is -0.120. The molecule has 2 N–H and O–H groups in total. The van der Waals surface area contributed by atoms with Crippen molar-refractivity contribution < 1.29 is 9.53 Å². The third-order valence-corrected chi connectivity index (χ3v) is 6.96. The zero-order chi connectivity index (χ0) is 26.5. The van der Waals surface area contributed by atoms with E-state index in [-0.39, 0.29) is 12.3 Å². The zero-order valence-corrected chi connectivity index (χ0v) is 22.5. The molecule has 8 heteroatoms. The normalized spacial score (nSPS) is 11.1. The fourth-order valence-electron chi connectivity index (χ4n) is 4.60. The summed E-state index contributed by atoms with van der Waals surface area (Å²) in [6, 6.07) is 25.5. The van der Waals surface area contributed by atoms with Gasteiger partial charge in [0.05, 0.1) is 29.6 Å². The molecule has 0 radical (unpaired) electrons. The maximum absolute atomic E-state index is 12.9. The fourth-order valence-corrected chi connectivity index (χ4v) is 5.14. The van der Waals surface area contributed by atoms with E-state index in [9.17, 15) is 4.79 Å². The van der Waals surface area contributed by atoms with Gasteiger partial charge in [-0.05, 0) is 42.3 Å². The first-order chi connectivity index (χ1) is 18.5. The monoisotopic (exact) mass is 546 g/mol. The number of carbonyl (C=O) groups excluding carboxylic acids is 1. The van der Waals surface area contributed by atoms with Crippen molar-refractivity contribution in [3.8, 4) is 5.75 Å². The maximum Gasteiger partial charge on any atom is 0.225 e. The molecule has 0 aliphatic carbocycles. The van der Waals surface area contributed by atoms with Crippen LogP contribution in [0.15, 0.2) is 78.9 Å². The fraction of sp³-hybridized carbons (Fsp3) is 0.200. The Labute approximate surface area is 231 Å². The van der Waals surface area contributed by atoms with E-state index in [1.807, 2.05) is 60.7 Å². The standard InChI is InChI=1S/C30H28Cl2N4O2/c1-38-28-18-29(35-26-11-6-5-10-23(26)28)33-12-7-13-34-30(37)17-22-16-24-25(32)14-21(31)15-27(24)36(22)19-20-8-3-2-4-9-20/h2-6,8-11,14-16,18H,7,12-13,17,19H2,1H3,(H,33,35)(H,34,37). The Bertz CT molecular complexity index is 1580. The number of aromatic nitrogens is 2. The number of pyridine rings is 1. The number of carbonyl (C=O) groups is 1. The number of ether oxygens (including phenoxy) is 1. The van der Waals surface area contributed by atoms with E-state index in [4.69, 9.17) is 27.9 Å². The first-order valence-corrected chi connectivity index (χ1v) is 13.2. The summed E-state index contributed by atoms with van der Waals surface area (Å²) in [6.07, 6.45) is 0.989. The van der Waals surface area contributed by atoms with Crippen molar-refractivity contribution in [2.24, 2.45) is 0 Å². The van der Waals surface area contributed by atoms with Gasteiger partial charge in [0.1, 0.15) is 11.6 Å². The Morgan fingerprint density at radius 3 is 2.55 bits per heavy atom. The number of rotatable bonds is 10. The first kappa shape index (κ1) is 25.9. The van der Waals surface area contributed by atoms with E-state index >= 15 is 0 Å². The van der Waals surface area contributed by atoms with Crippen molar-refractivity contribution in [1.82, 2.24) is 14.9 Å². The van der Waals surface area contributed by atoms with Crippen LogP contribution in [-0.4, -0.2) is 35.7 Å². The van der Waals surface area contributed by atoms with Crippen molar-refractivity contribution in [3.63, 3.8) is 0 Å². The molecule has 1 amide bonds. The highest BCUT2D eigenvalue weighted by Crippen LogP contribution is 2.32. The summed E-state index contributed by atoms with van der Waals surface area (Å²) in [4.78, 5) is 17.5. The molecule has 5 rings (SSSR count). The molecule has 0 bridgehead atoms. The molecule has 0 aliphatic heterocycles. The number of para-hydroxylation sites is 1. The Hall–Kier alpha value is -3.74. The van der Waals surface area contributed by atoms with Crippen LogP contribution in [0.2, 0.25) is 10.0 Å². The number of methoxy groups -OCH3 is 1. The van der Waals surface area contributed by atoms with Crippen LogP contribution in [0.1, 0.15) is 17.7 Å². The molecule has 194 valence electrons. The molecular weight excluding hydrogens is 519 g/mol. The highest BCUT2D eigenvalue weighted by atomic mass is 35.5. The molecule has 0 atom stereocenters. The number of nitrogens with zero attached hydrogens (tertiary/aromatic N) is 2. The van der Waals surface area contributed by atoms with Crippen LogP contribution >= 0.6 is 23.2 Å². The molecule has 0 fully saturated rings. The number of benzene rings is 3. The first-order valence-electron chi connectivity index (χ1n) is 12.5. The topological polar surface area (TPSA) is 68.2 Å². The van der Waals surface area contributed by atoms with E-state index in [2.05, 4.69) is 32.3 Å². The van der Waals surface area contributed by atoms with E-state index in [1.54, 1.807) is 13.2 Å².